The van der Waals surface area contributed by atoms with Gasteiger partial charge in [0.1, 0.15) is 0 Å². The van der Waals surface area contributed by atoms with E-state index in [9.17, 15) is 4.79 Å². The van der Waals surface area contributed by atoms with Crippen molar-refractivity contribution in [1.29, 1.82) is 0 Å². The van der Waals surface area contributed by atoms with Crippen molar-refractivity contribution in [2.24, 2.45) is 0 Å². The molecule has 3 rings (SSSR count). The van der Waals surface area contributed by atoms with Crippen molar-refractivity contribution in [3.05, 3.63) is 47.5 Å². The van der Waals surface area contributed by atoms with Crippen LogP contribution >= 0.6 is 11.3 Å². The minimum absolute atomic E-state index is 0.0794. The second-order valence-corrected chi connectivity index (χ2v) is 6.44. The maximum Gasteiger partial charge on any atom is 0.298 e. The largest absolute Gasteiger partial charge is 0.348 e. The Labute approximate surface area is 140 Å². The van der Waals surface area contributed by atoms with Crippen LogP contribution in [0, 0.1) is 11.8 Å². The van der Waals surface area contributed by atoms with E-state index in [0.717, 1.165) is 36.6 Å². The number of aromatic nitrogens is 1. The second-order valence-electron chi connectivity index (χ2n) is 5.56. The number of anilines is 1. The number of piperidine rings is 1. The van der Waals surface area contributed by atoms with Crippen molar-refractivity contribution in [3.63, 3.8) is 0 Å². The summed E-state index contributed by atoms with van der Waals surface area (Å²) in [7, 11) is 2.08. The van der Waals surface area contributed by atoms with E-state index in [4.69, 9.17) is 0 Å². The van der Waals surface area contributed by atoms with Crippen LogP contribution in [0.1, 0.15) is 18.4 Å². The van der Waals surface area contributed by atoms with Gasteiger partial charge in [-0.3, -0.25) is 4.79 Å². The zero-order chi connectivity index (χ0) is 16.1. The van der Waals surface area contributed by atoms with E-state index in [1.807, 2.05) is 46.8 Å². The van der Waals surface area contributed by atoms with Gasteiger partial charge in [0.15, 0.2) is 5.13 Å². The molecule has 0 aliphatic carbocycles. The molecule has 2 heterocycles. The third kappa shape index (κ3) is 3.91. The zero-order valence-electron chi connectivity index (χ0n) is 13.1. The molecular formula is C18H19N3OS. The summed E-state index contributed by atoms with van der Waals surface area (Å²) in [6, 6.07) is 10.1. The number of likely N-dealkylation sites (tertiary alicyclic amines) is 1. The number of carbonyl (C=O) groups is 1. The predicted octanol–water partition coefficient (Wildman–Crippen LogP) is 2.62. The van der Waals surface area contributed by atoms with E-state index in [1.165, 1.54) is 0 Å². The maximum absolute atomic E-state index is 12.2. The number of rotatable bonds is 2. The molecule has 2 aromatic rings. The van der Waals surface area contributed by atoms with Crippen LogP contribution in [-0.2, 0) is 4.79 Å². The molecule has 1 aliphatic rings. The molecule has 1 aromatic heterocycles. The first kappa shape index (κ1) is 15.6. The van der Waals surface area contributed by atoms with Gasteiger partial charge in [-0.25, -0.2) is 4.98 Å². The first-order valence-corrected chi connectivity index (χ1v) is 8.60. The lowest BCUT2D eigenvalue weighted by molar-refractivity contribution is -0.126. The van der Waals surface area contributed by atoms with Gasteiger partial charge < -0.3 is 9.80 Å². The first-order valence-electron chi connectivity index (χ1n) is 7.72. The molecular weight excluding hydrogens is 306 g/mol. The lowest BCUT2D eigenvalue weighted by Gasteiger charge is -2.35. The van der Waals surface area contributed by atoms with Gasteiger partial charge in [-0.05, 0) is 25.0 Å². The summed E-state index contributed by atoms with van der Waals surface area (Å²) in [6.07, 6.45) is 3.73. The quantitative estimate of drug-likeness (QED) is 0.797. The SMILES string of the molecule is CN(c1nccs1)C1CCN(C(=O)C#Cc2ccccc2)CC1. The van der Waals surface area contributed by atoms with Crippen molar-refractivity contribution in [2.45, 2.75) is 18.9 Å². The minimum Gasteiger partial charge on any atom is -0.348 e. The molecule has 0 unspecified atom stereocenters. The van der Waals surface area contributed by atoms with E-state index in [2.05, 4.69) is 28.8 Å². The van der Waals surface area contributed by atoms with Gasteiger partial charge in [-0.2, -0.15) is 0 Å². The molecule has 0 saturated carbocycles. The monoisotopic (exact) mass is 325 g/mol. The molecule has 0 atom stereocenters. The van der Waals surface area contributed by atoms with Gasteiger partial charge in [0.25, 0.3) is 5.91 Å². The average Bonchev–Trinajstić information content (AvgIpc) is 3.15. The van der Waals surface area contributed by atoms with Crippen molar-refractivity contribution in [3.8, 4) is 11.8 Å². The molecule has 4 nitrogen and oxygen atoms in total. The molecule has 1 aliphatic heterocycles. The molecule has 1 fully saturated rings. The highest BCUT2D eigenvalue weighted by atomic mass is 32.1. The minimum atomic E-state index is -0.0794. The van der Waals surface area contributed by atoms with Crippen molar-refractivity contribution >= 4 is 22.4 Å². The van der Waals surface area contributed by atoms with Gasteiger partial charge in [-0.15, -0.1) is 11.3 Å². The molecule has 1 saturated heterocycles. The Bertz CT molecular complexity index is 695. The Morgan fingerprint density at radius 2 is 2.04 bits per heavy atom. The fourth-order valence-corrected chi connectivity index (χ4v) is 3.41. The summed E-state index contributed by atoms with van der Waals surface area (Å²) >= 11 is 1.65. The van der Waals surface area contributed by atoms with E-state index >= 15 is 0 Å². The fourth-order valence-electron chi connectivity index (χ4n) is 2.73. The van der Waals surface area contributed by atoms with Crippen molar-refractivity contribution in [1.82, 2.24) is 9.88 Å². The Kier molecular flexibility index (Phi) is 4.94. The standard InChI is InChI=1S/C18H19N3OS/c1-20(18-19-11-14-23-18)16-9-12-21(13-10-16)17(22)8-7-15-5-3-2-4-6-15/h2-6,11,14,16H,9-10,12-13H2,1H3. The maximum atomic E-state index is 12.2. The summed E-state index contributed by atoms with van der Waals surface area (Å²) < 4.78 is 0. The highest BCUT2D eigenvalue weighted by molar-refractivity contribution is 7.13. The lowest BCUT2D eigenvalue weighted by atomic mass is 10.0. The highest BCUT2D eigenvalue weighted by Gasteiger charge is 2.25. The van der Waals surface area contributed by atoms with E-state index in [-0.39, 0.29) is 5.91 Å². The number of thiazole rings is 1. The van der Waals surface area contributed by atoms with Gasteiger partial charge >= 0.3 is 0 Å². The summed E-state index contributed by atoms with van der Waals surface area (Å²) in [5.74, 6) is 5.61. The van der Waals surface area contributed by atoms with Gasteiger partial charge in [0.2, 0.25) is 0 Å². The molecule has 5 heteroatoms. The zero-order valence-corrected chi connectivity index (χ0v) is 13.9. The Morgan fingerprint density at radius 1 is 1.30 bits per heavy atom. The van der Waals surface area contributed by atoms with Crippen LogP contribution in [0.4, 0.5) is 5.13 Å². The number of nitrogens with zero attached hydrogens (tertiary/aromatic N) is 3. The second kappa shape index (κ2) is 7.30. The number of benzene rings is 1. The Balaban J connectivity index is 1.55. The van der Waals surface area contributed by atoms with E-state index in [1.54, 1.807) is 11.3 Å². The Hall–Kier alpha value is -2.32. The van der Waals surface area contributed by atoms with Gasteiger partial charge in [0, 0.05) is 49.2 Å². The topological polar surface area (TPSA) is 36.4 Å². The molecule has 118 valence electrons. The van der Waals surface area contributed by atoms with E-state index < -0.39 is 0 Å². The summed E-state index contributed by atoms with van der Waals surface area (Å²) in [4.78, 5) is 20.6. The van der Waals surface area contributed by atoms with Crippen LogP contribution in [0.25, 0.3) is 0 Å². The van der Waals surface area contributed by atoms with Gasteiger partial charge in [-0.1, -0.05) is 24.1 Å². The van der Waals surface area contributed by atoms with Crippen molar-refractivity contribution in [2.75, 3.05) is 25.0 Å². The number of amides is 1. The predicted molar refractivity (Wildman–Crippen MR) is 93.4 cm³/mol. The number of hydrogen-bond donors (Lipinski definition) is 0. The molecule has 0 N–H and O–H groups in total. The third-order valence-electron chi connectivity index (χ3n) is 4.11. The normalized spacial score (nSPS) is 14.9. The molecule has 0 bridgehead atoms. The summed E-state index contributed by atoms with van der Waals surface area (Å²) in [5, 5.41) is 3.03. The third-order valence-corrected chi connectivity index (χ3v) is 4.97. The molecule has 1 amide bonds. The van der Waals surface area contributed by atoms with Crippen LogP contribution in [0.2, 0.25) is 0 Å². The highest BCUT2D eigenvalue weighted by Crippen LogP contribution is 2.23. The summed E-state index contributed by atoms with van der Waals surface area (Å²) in [5.41, 5.74) is 0.874. The number of hydrogen-bond acceptors (Lipinski definition) is 4. The van der Waals surface area contributed by atoms with Crippen molar-refractivity contribution < 1.29 is 4.79 Å². The van der Waals surface area contributed by atoms with E-state index in [0.29, 0.717) is 6.04 Å². The van der Waals surface area contributed by atoms with Crippen LogP contribution < -0.4 is 4.90 Å². The van der Waals surface area contributed by atoms with Gasteiger partial charge in [0.05, 0.1) is 0 Å². The van der Waals surface area contributed by atoms with Crippen LogP contribution in [0.3, 0.4) is 0 Å². The lowest BCUT2D eigenvalue weighted by Crippen LogP contribution is -2.45. The number of carbonyl (C=O) groups excluding carboxylic acids is 1. The molecule has 1 aromatic carbocycles. The van der Waals surface area contributed by atoms with Crippen LogP contribution in [0.5, 0.6) is 0 Å². The van der Waals surface area contributed by atoms with Crippen LogP contribution in [0.15, 0.2) is 41.9 Å². The smallest absolute Gasteiger partial charge is 0.298 e. The first-order chi connectivity index (χ1) is 11.2. The fraction of sp³-hybridized carbons (Fsp3) is 0.333. The van der Waals surface area contributed by atoms with Crippen LogP contribution in [-0.4, -0.2) is 42.0 Å². The molecule has 0 radical (unpaired) electrons. The molecule has 0 spiro atoms. The molecule has 23 heavy (non-hydrogen) atoms. The Morgan fingerprint density at radius 3 is 2.70 bits per heavy atom. The summed E-state index contributed by atoms with van der Waals surface area (Å²) in [6.45, 7) is 1.51. The average molecular weight is 325 g/mol.